The van der Waals surface area contributed by atoms with Gasteiger partial charge in [0.15, 0.2) is 0 Å². The number of aryl methyl sites for hydroxylation is 1. The van der Waals surface area contributed by atoms with Crippen LogP contribution < -0.4 is 5.73 Å². The zero-order valence-corrected chi connectivity index (χ0v) is 9.27. The molecule has 0 atom stereocenters. The van der Waals surface area contributed by atoms with Crippen LogP contribution in [0.25, 0.3) is 0 Å². The first-order valence-corrected chi connectivity index (χ1v) is 5.73. The maximum Gasteiger partial charge on any atom is 0.0949 e. The van der Waals surface area contributed by atoms with Crippen molar-refractivity contribution in [3.8, 4) is 0 Å². The van der Waals surface area contributed by atoms with Crippen molar-refractivity contribution in [3.63, 3.8) is 0 Å². The molecule has 0 amide bonds. The van der Waals surface area contributed by atoms with Crippen LogP contribution in [-0.2, 0) is 12.1 Å². The standard InChI is InChI=1S/C9H17N3S/c1-9(2,10)8-6-11-7-12(8)4-5-13-3/h6-7H,4-5,10H2,1-3H3. The van der Waals surface area contributed by atoms with Crippen LogP contribution in [0.15, 0.2) is 12.5 Å². The monoisotopic (exact) mass is 199 g/mol. The molecule has 1 aromatic rings. The molecule has 0 saturated heterocycles. The lowest BCUT2D eigenvalue weighted by atomic mass is 10.0. The highest BCUT2D eigenvalue weighted by Gasteiger charge is 2.18. The molecule has 0 aliphatic heterocycles. The molecule has 0 saturated carbocycles. The average molecular weight is 199 g/mol. The van der Waals surface area contributed by atoms with E-state index in [1.165, 1.54) is 0 Å². The van der Waals surface area contributed by atoms with E-state index in [1.54, 1.807) is 0 Å². The lowest BCUT2D eigenvalue weighted by Gasteiger charge is -2.20. The highest BCUT2D eigenvalue weighted by molar-refractivity contribution is 7.98. The molecule has 74 valence electrons. The van der Waals surface area contributed by atoms with E-state index in [0.29, 0.717) is 0 Å². The van der Waals surface area contributed by atoms with Crippen molar-refractivity contribution in [2.45, 2.75) is 25.9 Å². The summed E-state index contributed by atoms with van der Waals surface area (Å²) in [6, 6.07) is 0. The third kappa shape index (κ3) is 2.74. The average Bonchev–Trinajstić information content (AvgIpc) is 2.47. The van der Waals surface area contributed by atoms with Gasteiger partial charge in [-0.2, -0.15) is 11.8 Å². The Hall–Kier alpha value is -0.480. The molecule has 1 heterocycles. The number of nitrogens with two attached hydrogens (primary N) is 1. The van der Waals surface area contributed by atoms with Gasteiger partial charge in [0.1, 0.15) is 0 Å². The maximum absolute atomic E-state index is 6.01. The van der Waals surface area contributed by atoms with Gasteiger partial charge < -0.3 is 10.3 Å². The molecule has 4 heteroatoms. The van der Waals surface area contributed by atoms with Crippen LogP contribution in [0.1, 0.15) is 19.5 Å². The van der Waals surface area contributed by atoms with Crippen LogP contribution >= 0.6 is 11.8 Å². The van der Waals surface area contributed by atoms with Gasteiger partial charge in [-0.25, -0.2) is 4.98 Å². The fourth-order valence-corrected chi connectivity index (χ4v) is 1.60. The zero-order valence-electron chi connectivity index (χ0n) is 8.45. The molecule has 0 fully saturated rings. The number of nitrogens with zero attached hydrogens (tertiary/aromatic N) is 2. The third-order valence-electron chi connectivity index (χ3n) is 1.91. The number of hydrogen-bond donors (Lipinski definition) is 1. The van der Waals surface area contributed by atoms with E-state index >= 15 is 0 Å². The van der Waals surface area contributed by atoms with Crippen molar-refractivity contribution >= 4 is 11.8 Å². The van der Waals surface area contributed by atoms with Crippen LogP contribution in [-0.4, -0.2) is 21.6 Å². The lowest BCUT2D eigenvalue weighted by molar-refractivity contribution is 0.500. The van der Waals surface area contributed by atoms with Gasteiger partial charge in [-0.1, -0.05) is 0 Å². The molecule has 2 N–H and O–H groups in total. The molecule has 0 aliphatic rings. The minimum atomic E-state index is -0.297. The van der Waals surface area contributed by atoms with Crippen LogP contribution in [0.4, 0.5) is 0 Å². The molecule has 1 rings (SSSR count). The molecule has 1 aromatic heterocycles. The summed E-state index contributed by atoms with van der Waals surface area (Å²) in [5.41, 5.74) is 6.81. The summed E-state index contributed by atoms with van der Waals surface area (Å²) in [5.74, 6) is 1.10. The molecule has 0 radical (unpaired) electrons. The fraction of sp³-hybridized carbons (Fsp3) is 0.667. The Balaban J connectivity index is 2.77. The SMILES string of the molecule is CSCCn1cncc1C(C)(C)N. The minimum Gasteiger partial charge on any atom is -0.332 e. The second kappa shape index (κ2) is 4.15. The molecule has 13 heavy (non-hydrogen) atoms. The molecule has 0 spiro atoms. The van der Waals surface area contributed by atoms with E-state index in [9.17, 15) is 0 Å². The summed E-state index contributed by atoms with van der Waals surface area (Å²) in [7, 11) is 0. The first-order chi connectivity index (χ1) is 6.05. The van der Waals surface area contributed by atoms with Gasteiger partial charge in [0, 0.05) is 18.5 Å². The van der Waals surface area contributed by atoms with Crippen molar-refractivity contribution in [1.29, 1.82) is 0 Å². The van der Waals surface area contributed by atoms with Crippen molar-refractivity contribution < 1.29 is 0 Å². The summed E-state index contributed by atoms with van der Waals surface area (Å²) >= 11 is 1.83. The first-order valence-electron chi connectivity index (χ1n) is 4.34. The molecule has 0 aliphatic carbocycles. The Bertz CT molecular complexity index is 262. The normalized spacial score (nSPS) is 12.0. The first kappa shape index (κ1) is 10.6. The number of hydrogen-bond acceptors (Lipinski definition) is 3. The molecular weight excluding hydrogens is 182 g/mol. The predicted octanol–water partition coefficient (Wildman–Crippen LogP) is 1.44. The van der Waals surface area contributed by atoms with Gasteiger partial charge in [-0.15, -0.1) is 0 Å². The van der Waals surface area contributed by atoms with Gasteiger partial charge in [0.05, 0.1) is 17.6 Å². The van der Waals surface area contributed by atoms with Crippen LogP contribution in [0.5, 0.6) is 0 Å². The van der Waals surface area contributed by atoms with Crippen molar-refractivity contribution in [2.24, 2.45) is 5.73 Å². The molecule has 0 aromatic carbocycles. The van der Waals surface area contributed by atoms with Crippen LogP contribution in [0.3, 0.4) is 0 Å². The van der Waals surface area contributed by atoms with E-state index in [-0.39, 0.29) is 5.54 Å². The van der Waals surface area contributed by atoms with Crippen LogP contribution in [0.2, 0.25) is 0 Å². The molecule has 0 bridgehead atoms. The number of aromatic nitrogens is 2. The quantitative estimate of drug-likeness (QED) is 0.798. The Morgan fingerprint density at radius 1 is 1.62 bits per heavy atom. The maximum atomic E-state index is 6.01. The summed E-state index contributed by atoms with van der Waals surface area (Å²) in [6.45, 7) is 4.98. The number of rotatable bonds is 4. The molecule has 0 unspecified atom stereocenters. The topological polar surface area (TPSA) is 43.8 Å². The second-order valence-corrected chi connectivity index (χ2v) is 4.67. The smallest absolute Gasteiger partial charge is 0.0949 e. The zero-order chi connectivity index (χ0) is 9.90. The Labute approximate surface area is 83.7 Å². The van der Waals surface area contributed by atoms with E-state index in [1.807, 2.05) is 38.1 Å². The van der Waals surface area contributed by atoms with Crippen molar-refractivity contribution in [2.75, 3.05) is 12.0 Å². The third-order valence-corrected chi connectivity index (χ3v) is 2.50. The lowest BCUT2D eigenvalue weighted by Crippen LogP contribution is -2.31. The summed E-state index contributed by atoms with van der Waals surface area (Å²) in [4.78, 5) is 4.12. The van der Waals surface area contributed by atoms with Crippen molar-refractivity contribution in [1.82, 2.24) is 9.55 Å². The fourth-order valence-electron chi connectivity index (χ4n) is 1.23. The van der Waals surface area contributed by atoms with E-state index < -0.39 is 0 Å². The Morgan fingerprint density at radius 3 is 2.85 bits per heavy atom. The second-order valence-electron chi connectivity index (χ2n) is 3.69. The Morgan fingerprint density at radius 2 is 2.31 bits per heavy atom. The van der Waals surface area contributed by atoms with Gasteiger partial charge in [-0.3, -0.25) is 0 Å². The summed E-state index contributed by atoms with van der Waals surface area (Å²) < 4.78 is 2.12. The summed E-state index contributed by atoms with van der Waals surface area (Å²) in [6.07, 6.45) is 5.80. The molecule has 3 nitrogen and oxygen atoms in total. The predicted molar refractivity (Wildman–Crippen MR) is 57.8 cm³/mol. The van der Waals surface area contributed by atoms with E-state index in [2.05, 4.69) is 15.8 Å². The molecular formula is C9H17N3S. The van der Waals surface area contributed by atoms with Gasteiger partial charge in [0.2, 0.25) is 0 Å². The van der Waals surface area contributed by atoms with E-state index in [0.717, 1.165) is 18.0 Å². The van der Waals surface area contributed by atoms with Crippen LogP contribution in [0, 0.1) is 0 Å². The number of thioether (sulfide) groups is 1. The van der Waals surface area contributed by atoms with E-state index in [4.69, 9.17) is 5.73 Å². The van der Waals surface area contributed by atoms with Gasteiger partial charge in [0.25, 0.3) is 0 Å². The Kier molecular flexibility index (Phi) is 3.39. The summed E-state index contributed by atoms with van der Waals surface area (Å²) in [5, 5.41) is 0. The van der Waals surface area contributed by atoms with Crippen molar-refractivity contribution in [3.05, 3.63) is 18.2 Å². The largest absolute Gasteiger partial charge is 0.332 e. The van der Waals surface area contributed by atoms with Gasteiger partial charge in [-0.05, 0) is 20.1 Å². The highest BCUT2D eigenvalue weighted by atomic mass is 32.2. The minimum absolute atomic E-state index is 0.297. The highest BCUT2D eigenvalue weighted by Crippen LogP contribution is 2.16. The van der Waals surface area contributed by atoms with Gasteiger partial charge >= 0.3 is 0 Å². The number of imidazole rings is 1.